The Hall–Kier alpha value is -1.98. The van der Waals surface area contributed by atoms with Crippen molar-refractivity contribution in [2.45, 2.75) is 13.8 Å². The Balaban J connectivity index is 0.00000208. The SMILES string of the molecule is COc1ccc(-n2c(C)cc(C(=O)NCC3CNC3)c2C)cc1.Cl. The lowest BCUT2D eigenvalue weighted by Gasteiger charge is -2.27. The third-order valence-electron chi connectivity index (χ3n) is 4.42. The molecule has 1 aromatic heterocycles. The van der Waals surface area contributed by atoms with Gasteiger partial charge in [-0.05, 0) is 44.2 Å². The minimum Gasteiger partial charge on any atom is -0.497 e. The number of carbonyl (C=O) groups excluding carboxylic acids is 1. The van der Waals surface area contributed by atoms with Crippen molar-refractivity contribution in [1.82, 2.24) is 15.2 Å². The highest BCUT2D eigenvalue weighted by molar-refractivity contribution is 5.95. The molecule has 2 N–H and O–H groups in total. The lowest BCUT2D eigenvalue weighted by atomic mass is 10.0. The summed E-state index contributed by atoms with van der Waals surface area (Å²) in [6, 6.07) is 9.81. The van der Waals surface area contributed by atoms with Gasteiger partial charge in [0.05, 0.1) is 12.7 Å². The van der Waals surface area contributed by atoms with E-state index in [0.717, 1.165) is 48.0 Å². The van der Waals surface area contributed by atoms with E-state index < -0.39 is 0 Å². The molecule has 0 radical (unpaired) electrons. The quantitative estimate of drug-likeness (QED) is 0.872. The molecule has 1 aromatic carbocycles. The van der Waals surface area contributed by atoms with Crippen molar-refractivity contribution in [2.24, 2.45) is 5.92 Å². The number of nitrogens with one attached hydrogen (secondary N) is 2. The van der Waals surface area contributed by atoms with Crippen LogP contribution in [-0.4, -0.2) is 37.2 Å². The molecule has 2 heterocycles. The van der Waals surface area contributed by atoms with Gasteiger partial charge in [-0.25, -0.2) is 0 Å². The predicted octanol–water partition coefficient (Wildman–Crippen LogP) is 2.47. The zero-order chi connectivity index (χ0) is 16.4. The first-order valence-corrected chi connectivity index (χ1v) is 7.92. The van der Waals surface area contributed by atoms with Crippen molar-refractivity contribution in [3.8, 4) is 11.4 Å². The number of aromatic nitrogens is 1. The molecule has 0 saturated carbocycles. The van der Waals surface area contributed by atoms with Gasteiger partial charge in [0.1, 0.15) is 5.75 Å². The first-order chi connectivity index (χ1) is 11.1. The van der Waals surface area contributed by atoms with Crippen LogP contribution in [0, 0.1) is 19.8 Å². The van der Waals surface area contributed by atoms with Crippen LogP contribution in [0.1, 0.15) is 21.7 Å². The second-order valence-corrected chi connectivity index (χ2v) is 6.05. The highest BCUT2D eigenvalue weighted by Gasteiger charge is 2.20. The molecular formula is C18H24ClN3O2. The van der Waals surface area contributed by atoms with Gasteiger partial charge in [-0.15, -0.1) is 12.4 Å². The zero-order valence-corrected chi connectivity index (χ0v) is 15.1. The Morgan fingerprint density at radius 3 is 2.50 bits per heavy atom. The average molecular weight is 350 g/mol. The standard InChI is InChI=1S/C18H23N3O2.ClH/c1-12-8-17(18(22)20-11-14-9-19-10-14)13(2)21(12)15-4-6-16(23-3)7-5-15;/h4-8,14,19H,9-11H2,1-3H3,(H,20,22);1H. The van der Waals surface area contributed by atoms with Crippen molar-refractivity contribution in [3.05, 3.63) is 47.3 Å². The first-order valence-electron chi connectivity index (χ1n) is 7.92. The van der Waals surface area contributed by atoms with Gasteiger partial charge in [0.15, 0.2) is 0 Å². The molecule has 3 rings (SSSR count). The third kappa shape index (κ3) is 3.57. The van der Waals surface area contributed by atoms with Gasteiger partial charge in [0, 0.05) is 42.6 Å². The Labute approximate surface area is 148 Å². The van der Waals surface area contributed by atoms with Gasteiger partial charge >= 0.3 is 0 Å². The third-order valence-corrected chi connectivity index (χ3v) is 4.42. The number of nitrogens with zero attached hydrogens (tertiary/aromatic N) is 1. The van der Waals surface area contributed by atoms with Crippen LogP contribution in [0.5, 0.6) is 5.75 Å². The molecule has 24 heavy (non-hydrogen) atoms. The summed E-state index contributed by atoms with van der Waals surface area (Å²) in [5, 5.41) is 6.25. The molecule has 1 aliphatic heterocycles. The van der Waals surface area contributed by atoms with Crippen molar-refractivity contribution in [1.29, 1.82) is 0 Å². The van der Waals surface area contributed by atoms with Crippen LogP contribution >= 0.6 is 12.4 Å². The second kappa shape index (κ2) is 7.73. The average Bonchev–Trinajstić information content (AvgIpc) is 2.81. The molecule has 130 valence electrons. The molecule has 5 nitrogen and oxygen atoms in total. The highest BCUT2D eigenvalue weighted by atomic mass is 35.5. The molecule has 0 spiro atoms. The van der Waals surface area contributed by atoms with Crippen molar-refractivity contribution in [2.75, 3.05) is 26.7 Å². The fraction of sp³-hybridized carbons (Fsp3) is 0.389. The molecule has 6 heteroatoms. The lowest BCUT2D eigenvalue weighted by Crippen LogP contribution is -2.48. The maximum absolute atomic E-state index is 12.4. The molecule has 0 aliphatic carbocycles. The smallest absolute Gasteiger partial charge is 0.253 e. The number of hydrogen-bond acceptors (Lipinski definition) is 3. The molecule has 1 amide bonds. The van der Waals surface area contributed by atoms with Gasteiger partial charge in [0.2, 0.25) is 0 Å². The Kier molecular flexibility index (Phi) is 5.91. The lowest BCUT2D eigenvalue weighted by molar-refractivity contribution is 0.0941. The zero-order valence-electron chi connectivity index (χ0n) is 14.3. The van der Waals surface area contributed by atoms with Gasteiger partial charge in [0.25, 0.3) is 5.91 Å². The van der Waals surface area contributed by atoms with Gasteiger partial charge in [-0.1, -0.05) is 0 Å². The Bertz CT molecular complexity index is 706. The van der Waals surface area contributed by atoms with E-state index in [2.05, 4.69) is 15.2 Å². The number of halogens is 1. The molecule has 0 atom stereocenters. The van der Waals surface area contributed by atoms with Crippen LogP contribution in [0.4, 0.5) is 0 Å². The largest absolute Gasteiger partial charge is 0.497 e. The molecular weight excluding hydrogens is 326 g/mol. The number of methoxy groups -OCH3 is 1. The van der Waals surface area contributed by atoms with Crippen molar-refractivity contribution < 1.29 is 9.53 Å². The van der Waals surface area contributed by atoms with Crippen LogP contribution in [0.2, 0.25) is 0 Å². The second-order valence-electron chi connectivity index (χ2n) is 6.05. The molecule has 0 unspecified atom stereocenters. The number of ether oxygens (including phenoxy) is 1. The van der Waals surface area contributed by atoms with Crippen LogP contribution in [0.25, 0.3) is 5.69 Å². The summed E-state index contributed by atoms with van der Waals surface area (Å²) in [4.78, 5) is 12.4. The van der Waals surface area contributed by atoms with Gasteiger partial charge in [-0.2, -0.15) is 0 Å². The van der Waals surface area contributed by atoms with Crippen molar-refractivity contribution in [3.63, 3.8) is 0 Å². The maximum atomic E-state index is 12.4. The van der Waals surface area contributed by atoms with Crippen LogP contribution in [0.15, 0.2) is 30.3 Å². The number of aryl methyl sites for hydroxylation is 1. The van der Waals surface area contributed by atoms with E-state index in [0.29, 0.717) is 5.92 Å². The minimum absolute atomic E-state index is 0. The molecule has 1 saturated heterocycles. The van der Waals surface area contributed by atoms with Gasteiger partial charge in [-0.3, -0.25) is 4.79 Å². The predicted molar refractivity (Wildman–Crippen MR) is 97.7 cm³/mol. The van der Waals surface area contributed by atoms with E-state index in [1.54, 1.807) is 7.11 Å². The van der Waals surface area contributed by atoms with E-state index in [-0.39, 0.29) is 18.3 Å². The van der Waals surface area contributed by atoms with Crippen LogP contribution in [-0.2, 0) is 0 Å². The number of rotatable bonds is 5. The van der Waals surface area contributed by atoms with Crippen molar-refractivity contribution >= 4 is 18.3 Å². The van der Waals surface area contributed by atoms with Crippen LogP contribution < -0.4 is 15.4 Å². The summed E-state index contributed by atoms with van der Waals surface area (Å²) in [5.74, 6) is 1.39. The van der Waals surface area contributed by atoms with Crippen LogP contribution in [0.3, 0.4) is 0 Å². The van der Waals surface area contributed by atoms with E-state index in [1.165, 1.54) is 0 Å². The fourth-order valence-corrected chi connectivity index (χ4v) is 2.95. The summed E-state index contributed by atoms with van der Waals surface area (Å²) in [5.41, 5.74) is 3.77. The Morgan fingerprint density at radius 2 is 1.96 bits per heavy atom. The van der Waals surface area contributed by atoms with E-state index >= 15 is 0 Å². The number of benzene rings is 1. The van der Waals surface area contributed by atoms with Gasteiger partial charge < -0.3 is 19.9 Å². The summed E-state index contributed by atoms with van der Waals surface area (Å²) in [6.07, 6.45) is 0. The summed E-state index contributed by atoms with van der Waals surface area (Å²) < 4.78 is 7.30. The number of carbonyl (C=O) groups is 1. The number of hydrogen-bond donors (Lipinski definition) is 2. The fourth-order valence-electron chi connectivity index (χ4n) is 2.95. The summed E-state index contributed by atoms with van der Waals surface area (Å²) in [7, 11) is 1.65. The highest BCUT2D eigenvalue weighted by Crippen LogP contribution is 2.22. The monoisotopic (exact) mass is 349 g/mol. The number of amides is 1. The Morgan fingerprint density at radius 1 is 1.29 bits per heavy atom. The topological polar surface area (TPSA) is 55.3 Å². The summed E-state index contributed by atoms with van der Waals surface area (Å²) >= 11 is 0. The summed E-state index contributed by atoms with van der Waals surface area (Å²) in [6.45, 7) is 6.72. The maximum Gasteiger partial charge on any atom is 0.253 e. The minimum atomic E-state index is 0. The van der Waals surface area contributed by atoms with E-state index in [9.17, 15) is 4.79 Å². The molecule has 2 aromatic rings. The molecule has 1 fully saturated rings. The van der Waals surface area contributed by atoms with E-state index in [4.69, 9.17) is 4.74 Å². The first kappa shape index (κ1) is 18.4. The van der Waals surface area contributed by atoms with E-state index in [1.807, 2.05) is 44.2 Å². The normalized spacial score (nSPS) is 13.8. The molecule has 0 bridgehead atoms. The molecule has 1 aliphatic rings.